The minimum atomic E-state index is -2.86. The number of alkyl halides is 2. The second-order valence-corrected chi connectivity index (χ2v) is 11.1. The molecule has 1 aliphatic carbocycles. The van der Waals surface area contributed by atoms with Crippen LogP contribution in [0.3, 0.4) is 0 Å². The number of rotatable bonds is 6. The molecule has 1 saturated heterocycles. The van der Waals surface area contributed by atoms with Gasteiger partial charge < -0.3 is 15.3 Å². The molecule has 2 heterocycles. The Balaban J connectivity index is 1.49. The average molecular weight is 585 g/mol. The van der Waals surface area contributed by atoms with Gasteiger partial charge in [0.1, 0.15) is 12.4 Å². The molecular formula is C25H32F2IN4O2+. The molecule has 6 nitrogen and oxygen atoms in total. The number of carbonyl (C=O) groups excluding carboxylic acids is 1. The summed E-state index contributed by atoms with van der Waals surface area (Å²) >= 11 is 1.97. The number of aromatic nitrogens is 1. The number of anilines is 1. The molecule has 0 spiro atoms. The first-order chi connectivity index (χ1) is 16.0. The average Bonchev–Trinajstić information content (AvgIpc) is 3.18. The number of benzene rings is 1. The fraction of sp³-hybridized carbons (Fsp3) is 0.520. The monoisotopic (exact) mass is 585 g/mol. The summed E-state index contributed by atoms with van der Waals surface area (Å²) in [5.41, 5.74) is 5.17. The fourth-order valence-corrected chi connectivity index (χ4v) is 6.33. The van der Waals surface area contributed by atoms with Gasteiger partial charge in [-0.1, -0.05) is 36.4 Å². The summed E-state index contributed by atoms with van der Waals surface area (Å²) < 4.78 is 30.5. The molecule has 4 rings (SSSR count). The molecule has 2 fully saturated rings. The smallest absolute Gasteiger partial charge is 0.268 e. The Hall–Kier alpha value is -1.85. The minimum Gasteiger partial charge on any atom is -0.384 e. The Labute approximate surface area is 213 Å². The van der Waals surface area contributed by atoms with E-state index in [-0.39, 0.29) is 18.9 Å². The number of piperidine rings is 1. The first kappa shape index (κ1) is 25.2. The lowest BCUT2D eigenvalue weighted by Gasteiger charge is -2.44. The molecule has 0 bridgehead atoms. The molecule has 34 heavy (non-hydrogen) atoms. The van der Waals surface area contributed by atoms with Crippen molar-refractivity contribution in [1.29, 1.82) is 0 Å². The first-order valence-electron chi connectivity index (χ1n) is 11.7. The number of amides is 1. The van der Waals surface area contributed by atoms with Crippen LogP contribution in [0.4, 0.5) is 14.6 Å². The lowest BCUT2D eigenvalue weighted by molar-refractivity contribution is -0.927. The number of quaternary nitrogens is 1. The second-order valence-electron chi connectivity index (χ2n) is 10.1. The van der Waals surface area contributed by atoms with Gasteiger partial charge in [0.05, 0.1) is 54.7 Å². The van der Waals surface area contributed by atoms with E-state index in [0.29, 0.717) is 11.4 Å². The predicted molar refractivity (Wildman–Crippen MR) is 135 cm³/mol. The van der Waals surface area contributed by atoms with Crippen LogP contribution in [0.25, 0.3) is 0 Å². The molecule has 2 atom stereocenters. The number of likely N-dealkylation sites (tertiary alicyclic amines) is 1. The van der Waals surface area contributed by atoms with Crippen LogP contribution in [-0.2, 0) is 16.9 Å². The van der Waals surface area contributed by atoms with Crippen LogP contribution >= 0.6 is 22.9 Å². The van der Waals surface area contributed by atoms with Crippen LogP contribution in [0.15, 0.2) is 48.5 Å². The molecule has 1 amide bonds. The Kier molecular flexibility index (Phi) is 7.17. The molecule has 1 saturated carbocycles. The van der Waals surface area contributed by atoms with Crippen molar-refractivity contribution >= 4 is 34.6 Å². The summed E-state index contributed by atoms with van der Waals surface area (Å²) in [7, 11) is 2.17. The highest BCUT2D eigenvalue weighted by atomic mass is 127. The highest BCUT2D eigenvalue weighted by molar-refractivity contribution is 14.1. The number of nitrogens with two attached hydrogens (primary N) is 1. The second kappa shape index (κ2) is 9.66. The zero-order valence-electron chi connectivity index (χ0n) is 19.3. The summed E-state index contributed by atoms with van der Waals surface area (Å²) in [6, 6.07) is 14.1. The molecule has 184 valence electrons. The molecule has 0 unspecified atom stereocenters. The largest absolute Gasteiger partial charge is 0.384 e. The van der Waals surface area contributed by atoms with E-state index in [1.807, 2.05) is 35.0 Å². The van der Waals surface area contributed by atoms with Crippen molar-refractivity contribution in [1.82, 2.24) is 8.10 Å². The van der Waals surface area contributed by atoms with Crippen LogP contribution in [-0.4, -0.2) is 55.7 Å². The maximum atomic E-state index is 14.1. The third-order valence-corrected chi connectivity index (χ3v) is 8.65. The molecule has 1 aromatic carbocycles. The lowest BCUT2D eigenvalue weighted by atomic mass is 9.79. The van der Waals surface area contributed by atoms with Crippen molar-refractivity contribution in [3.05, 3.63) is 59.8 Å². The summed E-state index contributed by atoms with van der Waals surface area (Å²) in [5, 5.41) is 11.8. The van der Waals surface area contributed by atoms with Gasteiger partial charge in [-0.2, -0.15) is 0 Å². The van der Waals surface area contributed by atoms with Crippen molar-refractivity contribution < 1.29 is 23.2 Å². The van der Waals surface area contributed by atoms with Crippen LogP contribution in [0.5, 0.6) is 0 Å². The van der Waals surface area contributed by atoms with Gasteiger partial charge in [0.2, 0.25) is 5.92 Å². The van der Waals surface area contributed by atoms with Crippen molar-refractivity contribution in [3.8, 4) is 0 Å². The van der Waals surface area contributed by atoms with Crippen molar-refractivity contribution in [2.24, 2.45) is 5.92 Å². The number of nitrogen functional groups attached to an aromatic ring is 1. The topological polar surface area (TPSA) is 79.5 Å². The molecule has 9 heteroatoms. The number of pyridine rings is 1. The predicted octanol–water partition coefficient (Wildman–Crippen LogP) is 4.27. The third kappa shape index (κ3) is 5.21. The van der Waals surface area contributed by atoms with Crippen molar-refractivity contribution in [3.63, 3.8) is 0 Å². The standard InChI is InChI=1S/C25H32F2IN4O2/c1-32(17-20-8-5-9-22(29)30-20)14-11-21(12-15-32)31(28)23(33)25(34,18-6-3-2-4-7-18)19-10-13-24(26,27)16-19/h2-9,19,21,34H,10-17H2,1H3,(H2,29,30)/q+1/t19-,21?,25+,32?/m1/s1. The Bertz CT molecular complexity index is 1020. The Morgan fingerprint density at radius 3 is 2.47 bits per heavy atom. The molecule has 1 aromatic heterocycles. The molecule has 0 radical (unpaired) electrons. The van der Waals surface area contributed by atoms with E-state index in [1.165, 1.54) is 0 Å². The fourth-order valence-electron chi connectivity index (χ4n) is 5.40. The van der Waals surface area contributed by atoms with Gasteiger partial charge in [-0.3, -0.25) is 7.91 Å². The maximum absolute atomic E-state index is 14.1. The summed E-state index contributed by atoms with van der Waals surface area (Å²) in [6.07, 6.45) is 0.819. The SMILES string of the molecule is C[N+]1(Cc2cccc(N)n2)CCC(N(I)C(=O)[C@](O)(c2ccccc2)[C@@H]2CCC(F)(F)C2)CC1. The van der Waals surface area contributed by atoms with Gasteiger partial charge in [0.15, 0.2) is 5.60 Å². The van der Waals surface area contributed by atoms with E-state index in [1.54, 1.807) is 39.5 Å². The van der Waals surface area contributed by atoms with Gasteiger partial charge >= 0.3 is 0 Å². The highest BCUT2D eigenvalue weighted by Gasteiger charge is 2.55. The van der Waals surface area contributed by atoms with E-state index in [4.69, 9.17) is 5.73 Å². The highest BCUT2D eigenvalue weighted by Crippen LogP contribution is 2.48. The van der Waals surface area contributed by atoms with Crippen LogP contribution in [0, 0.1) is 5.92 Å². The molecule has 1 aliphatic heterocycles. The van der Waals surface area contributed by atoms with E-state index < -0.39 is 29.8 Å². The molecular weight excluding hydrogens is 553 g/mol. The van der Waals surface area contributed by atoms with E-state index >= 15 is 0 Å². The van der Waals surface area contributed by atoms with Crippen molar-refractivity contribution in [2.45, 2.75) is 56.2 Å². The van der Waals surface area contributed by atoms with Gasteiger partial charge in [0.25, 0.3) is 5.91 Å². The van der Waals surface area contributed by atoms with Gasteiger partial charge in [-0.15, -0.1) is 0 Å². The Morgan fingerprint density at radius 2 is 1.88 bits per heavy atom. The number of hydrogen-bond donors (Lipinski definition) is 2. The van der Waals surface area contributed by atoms with E-state index in [0.717, 1.165) is 42.7 Å². The minimum absolute atomic E-state index is 0.0785. The number of nitrogens with zero attached hydrogens (tertiary/aromatic N) is 3. The van der Waals surface area contributed by atoms with Crippen molar-refractivity contribution in [2.75, 3.05) is 25.9 Å². The Morgan fingerprint density at radius 1 is 1.21 bits per heavy atom. The third-order valence-electron chi connectivity index (χ3n) is 7.43. The van der Waals surface area contributed by atoms with Gasteiger partial charge in [0, 0.05) is 31.6 Å². The number of hydrogen-bond acceptors (Lipinski definition) is 4. The molecule has 2 aliphatic rings. The van der Waals surface area contributed by atoms with Crippen LogP contribution < -0.4 is 5.73 Å². The van der Waals surface area contributed by atoms with E-state index in [9.17, 15) is 18.7 Å². The summed E-state index contributed by atoms with van der Waals surface area (Å²) in [6.45, 7) is 2.41. The van der Waals surface area contributed by atoms with E-state index in [2.05, 4.69) is 12.0 Å². The normalized spacial score (nSPS) is 28.3. The molecule has 3 N–H and O–H groups in total. The van der Waals surface area contributed by atoms with Crippen LogP contribution in [0.2, 0.25) is 0 Å². The zero-order chi connectivity index (χ0) is 24.6. The van der Waals surface area contributed by atoms with Gasteiger partial charge in [-0.25, -0.2) is 13.8 Å². The number of halogens is 3. The first-order valence-corrected chi connectivity index (χ1v) is 12.7. The number of aliphatic hydroxyl groups is 1. The lowest BCUT2D eigenvalue weighted by Crippen LogP contribution is -2.56. The van der Waals surface area contributed by atoms with Gasteiger partial charge in [-0.05, 0) is 24.1 Å². The number of carbonyl (C=O) groups is 1. The zero-order valence-corrected chi connectivity index (χ0v) is 21.5. The van der Waals surface area contributed by atoms with Crippen LogP contribution in [0.1, 0.15) is 43.4 Å². The quantitative estimate of drug-likeness (QED) is 0.302. The maximum Gasteiger partial charge on any atom is 0.268 e. The summed E-state index contributed by atoms with van der Waals surface area (Å²) in [4.78, 5) is 18.2. The summed E-state index contributed by atoms with van der Waals surface area (Å²) in [5.74, 6) is -3.68. The molecule has 2 aromatic rings.